The second kappa shape index (κ2) is 9.74. The molecule has 1 aromatic rings. The first kappa shape index (κ1) is 26.5. The van der Waals surface area contributed by atoms with Gasteiger partial charge in [0.1, 0.15) is 17.5 Å². The van der Waals surface area contributed by atoms with E-state index >= 15 is 0 Å². The molecule has 1 aliphatic carbocycles. The molecule has 0 aromatic heterocycles. The molecular formula is C29H33NO7. The van der Waals surface area contributed by atoms with Crippen LogP contribution in [0, 0.1) is 24.7 Å². The molecule has 8 heteroatoms. The molecule has 8 nitrogen and oxygen atoms in total. The van der Waals surface area contributed by atoms with Crippen LogP contribution in [-0.4, -0.2) is 39.8 Å². The number of cyclic esters (lactones) is 1. The summed E-state index contributed by atoms with van der Waals surface area (Å²) in [6.07, 6.45) is 7.26. The summed E-state index contributed by atoms with van der Waals surface area (Å²) in [5, 5.41) is 25.4. The van der Waals surface area contributed by atoms with Crippen LogP contribution in [-0.2, 0) is 19.9 Å². The van der Waals surface area contributed by atoms with Crippen molar-refractivity contribution >= 4 is 23.4 Å². The standard InChI is InChI=1S/C29H33NO7/c1-6-18-8-7-14(2)17(5)37-28(35)16(4)12-20-27(34)30-23-13-22(32)24-19(29(20,23)36)11-15(3)26(33)25(24)21(31)10-9-18/h7-8,11-14,17-18,20,33,36H,6,9-10H2,1-5H3,(H,30,34)/b8-7+,16-12-/t14-,17-,18+,20+,29+/m0/s1. The summed E-state index contributed by atoms with van der Waals surface area (Å²) in [5.41, 5.74) is -1.87. The van der Waals surface area contributed by atoms with Crippen molar-refractivity contribution in [2.75, 3.05) is 0 Å². The number of aryl methyl sites for hydroxylation is 1. The maximum absolute atomic E-state index is 13.5. The minimum Gasteiger partial charge on any atom is -0.507 e. The Morgan fingerprint density at radius 2 is 1.81 bits per heavy atom. The predicted octanol–water partition coefficient (Wildman–Crippen LogP) is 3.79. The Kier molecular flexibility index (Phi) is 6.99. The number of ketones is 2. The molecule has 4 bridgehead atoms. The highest BCUT2D eigenvalue weighted by Gasteiger charge is 2.55. The van der Waals surface area contributed by atoms with E-state index in [1.807, 2.05) is 26.0 Å². The monoisotopic (exact) mass is 507 g/mol. The van der Waals surface area contributed by atoms with Crippen LogP contribution in [0.3, 0.4) is 0 Å². The highest BCUT2D eigenvalue weighted by Crippen LogP contribution is 2.49. The zero-order valence-corrected chi connectivity index (χ0v) is 21.8. The number of phenols is 1. The van der Waals surface area contributed by atoms with Gasteiger partial charge in [0.25, 0.3) is 0 Å². The lowest BCUT2D eigenvalue weighted by Gasteiger charge is -2.34. The number of nitrogens with one attached hydrogen (secondary N) is 1. The van der Waals surface area contributed by atoms with Gasteiger partial charge in [-0.25, -0.2) is 4.79 Å². The number of benzene rings is 1. The van der Waals surface area contributed by atoms with Gasteiger partial charge in [0.15, 0.2) is 11.6 Å². The molecule has 4 rings (SSSR count). The van der Waals surface area contributed by atoms with Crippen molar-refractivity contribution < 1.29 is 34.1 Å². The lowest BCUT2D eigenvalue weighted by molar-refractivity contribution is -0.144. The lowest BCUT2D eigenvalue weighted by atomic mass is 9.72. The van der Waals surface area contributed by atoms with E-state index in [0.717, 1.165) is 12.5 Å². The summed E-state index contributed by atoms with van der Waals surface area (Å²) in [6, 6.07) is 1.43. The first-order valence-corrected chi connectivity index (χ1v) is 12.7. The van der Waals surface area contributed by atoms with Gasteiger partial charge in [0, 0.05) is 35.1 Å². The molecule has 3 aliphatic rings. The number of hydrogen-bond donors (Lipinski definition) is 3. The lowest BCUT2D eigenvalue weighted by Crippen LogP contribution is -2.39. The van der Waals surface area contributed by atoms with Gasteiger partial charge in [-0.05, 0) is 51.2 Å². The fourth-order valence-electron chi connectivity index (χ4n) is 5.21. The molecule has 37 heavy (non-hydrogen) atoms. The number of carbonyl (C=O) groups excluding carboxylic acids is 4. The van der Waals surface area contributed by atoms with Crippen LogP contribution < -0.4 is 5.32 Å². The molecule has 2 heterocycles. The van der Waals surface area contributed by atoms with Gasteiger partial charge < -0.3 is 20.3 Å². The van der Waals surface area contributed by atoms with Crippen LogP contribution in [0.5, 0.6) is 5.75 Å². The van der Waals surface area contributed by atoms with Crippen LogP contribution in [0.1, 0.15) is 78.8 Å². The molecular weight excluding hydrogens is 474 g/mol. The fraction of sp³-hybridized carbons (Fsp3) is 0.448. The summed E-state index contributed by atoms with van der Waals surface area (Å²) in [4.78, 5) is 52.6. The molecule has 0 spiro atoms. The summed E-state index contributed by atoms with van der Waals surface area (Å²) < 4.78 is 5.64. The van der Waals surface area contributed by atoms with E-state index in [-0.39, 0.29) is 57.5 Å². The Labute approximate surface area is 216 Å². The molecule has 0 unspecified atom stereocenters. The summed E-state index contributed by atoms with van der Waals surface area (Å²) in [5.74, 6) is -3.86. The molecule has 1 fully saturated rings. The van der Waals surface area contributed by atoms with E-state index in [1.54, 1.807) is 13.8 Å². The van der Waals surface area contributed by atoms with E-state index in [1.165, 1.54) is 19.1 Å². The Morgan fingerprint density at radius 3 is 2.49 bits per heavy atom. The zero-order chi connectivity index (χ0) is 27.2. The molecule has 0 saturated carbocycles. The maximum atomic E-state index is 13.5. The first-order chi connectivity index (χ1) is 17.4. The minimum absolute atomic E-state index is 0.0314. The average molecular weight is 508 g/mol. The van der Waals surface area contributed by atoms with Gasteiger partial charge in [0.05, 0.1) is 17.2 Å². The second-order valence-electron chi connectivity index (χ2n) is 10.3. The maximum Gasteiger partial charge on any atom is 0.333 e. The number of amides is 1. The van der Waals surface area contributed by atoms with Gasteiger partial charge in [0.2, 0.25) is 5.91 Å². The third-order valence-electron chi connectivity index (χ3n) is 7.83. The number of rotatable bonds is 1. The third-order valence-corrected chi connectivity index (χ3v) is 7.83. The van der Waals surface area contributed by atoms with Crippen molar-refractivity contribution in [1.82, 2.24) is 5.32 Å². The van der Waals surface area contributed by atoms with E-state index in [0.29, 0.717) is 6.42 Å². The molecule has 2 aliphatic heterocycles. The van der Waals surface area contributed by atoms with Gasteiger partial charge in [-0.2, -0.15) is 0 Å². The second-order valence-corrected chi connectivity index (χ2v) is 10.3. The quantitative estimate of drug-likeness (QED) is 0.389. The number of hydrogen-bond acceptors (Lipinski definition) is 7. The zero-order valence-electron chi connectivity index (χ0n) is 21.8. The normalized spacial score (nSPS) is 32.6. The van der Waals surface area contributed by atoms with E-state index in [9.17, 15) is 29.4 Å². The van der Waals surface area contributed by atoms with Crippen molar-refractivity contribution in [1.29, 1.82) is 0 Å². The van der Waals surface area contributed by atoms with Crippen LogP contribution >= 0.6 is 0 Å². The highest BCUT2D eigenvalue weighted by atomic mass is 16.5. The van der Waals surface area contributed by atoms with Crippen LogP contribution in [0.15, 0.2) is 41.6 Å². The highest BCUT2D eigenvalue weighted by molar-refractivity contribution is 6.17. The van der Waals surface area contributed by atoms with Crippen LogP contribution in [0.4, 0.5) is 0 Å². The first-order valence-electron chi connectivity index (χ1n) is 12.7. The SMILES string of the molecule is CC[C@@H]1/C=C/[C@H](C)[C@H](C)OC(=O)/C(C)=C\[C@@H]2C(=O)NC3=CC(=O)c4c(cc(C)c(O)c4C(=O)CC1)[C@]32O. The number of aliphatic hydroxyl groups is 1. The van der Waals surface area contributed by atoms with Crippen molar-refractivity contribution in [2.45, 2.75) is 65.6 Å². The number of ether oxygens (including phenoxy) is 1. The summed E-state index contributed by atoms with van der Waals surface area (Å²) in [7, 11) is 0. The summed E-state index contributed by atoms with van der Waals surface area (Å²) in [6.45, 7) is 8.78. The molecule has 3 N–H and O–H groups in total. The molecule has 1 amide bonds. The summed E-state index contributed by atoms with van der Waals surface area (Å²) >= 11 is 0. The van der Waals surface area contributed by atoms with Crippen molar-refractivity contribution in [3.8, 4) is 5.75 Å². The van der Waals surface area contributed by atoms with Gasteiger partial charge >= 0.3 is 5.97 Å². The van der Waals surface area contributed by atoms with E-state index < -0.39 is 41.1 Å². The molecule has 0 radical (unpaired) electrons. The number of Topliss-reactive ketones (excluding diaryl/α,β-unsaturated/α-hetero) is 1. The van der Waals surface area contributed by atoms with Gasteiger partial charge in [-0.1, -0.05) is 32.1 Å². The number of esters is 1. The molecule has 196 valence electrons. The predicted molar refractivity (Wildman–Crippen MR) is 136 cm³/mol. The topological polar surface area (TPSA) is 130 Å². The Bertz CT molecular complexity index is 1290. The van der Waals surface area contributed by atoms with Gasteiger partial charge in [-0.3, -0.25) is 14.4 Å². The van der Waals surface area contributed by atoms with Crippen molar-refractivity contribution in [2.24, 2.45) is 17.8 Å². The van der Waals surface area contributed by atoms with Crippen LogP contribution in [0.25, 0.3) is 0 Å². The Morgan fingerprint density at radius 1 is 1.11 bits per heavy atom. The molecule has 1 saturated heterocycles. The Hall–Kier alpha value is -3.52. The number of carbonyl (C=O) groups is 4. The van der Waals surface area contributed by atoms with Crippen molar-refractivity contribution in [3.05, 3.63) is 63.9 Å². The van der Waals surface area contributed by atoms with Crippen molar-refractivity contribution in [3.63, 3.8) is 0 Å². The Balaban J connectivity index is 1.95. The van der Waals surface area contributed by atoms with Gasteiger partial charge in [-0.15, -0.1) is 0 Å². The number of phenolic OH excluding ortho intramolecular Hbond substituents is 1. The van der Waals surface area contributed by atoms with Crippen LogP contribution in [0.2, 0.25) is 0 Å². The largest absolute Gasteiger partial charge is 0.507 e. The number of allylic oxidation sites excluding steroid dienone is 2. The average Bonchev–Trinajstić information content (AvgIpc) is 3.09. The van der Waals surface area contributed by atoms with E-state index in [2.05, 4.69) is 5.32 Å². The van der Waals surface area contributed by atoms with E-state index in [4.69, 9.17) is 4.74 Å². The fourth-order valence-corrected chi connectivity index (χ4v) is 5.21. The third kappa shape index (κ3) is 4.44. The number of aromatic hydroxyl groups is 1. The smallest absolute Gasteiger partial charge is 0.333 e. The molecule has 5 atom stereocenters. The minimum atomic E-state index is -2.03. The molecule has 1 aromatic carbocycles.